The van der Waals surface area contributed by atoms with Crippen molar-refractivity contribution < 1.29 is 14.3 Å². The van der Waals surface area contributed by atoms with Crippen LogP contribution in [0.25, 0.3) is 0 Å². The Morgan fingerprint density at radius 3 is 2.53 bits per heavy atom. The van der Waals surface area contributed by atoms with Gasteiger partial charge < -0.3 is 10.1 Å². The highest BCUT2D eigenvalue weighted by molar-refractivity contribution is 6.30. The van der Waals surface area contributed by atoms with Gasteiger partial charge in [-0.15, -0.1) is 0 Å². The van der Waals surface area contributed by atoms with Crippen LogP contribution in [-0.4, -0.2) is 22.8 Å². The summed E-state index contributed by atoms with van der Waals surface area (Å²) >= 11 is 6.07. The molecule has 5 rings (SSSR count). The van der Waals surface area contributed by atoms with Gasteiger partial charge in [0.05, 0.1) is 5.57 Å². The molecule has 1 aliphatic heterocycles. The molecule has 0 radical (unpaired) electrons. The van der Waals surface area contributed by atoms with E-state index in [4.69, 9.17) is 16.3 Å². The van der Waals surface area contributed by atoms with E-state index in [1.165, 1.54) is 6.42 Å². The lowest BCUT2D eigenvalue weighted by Crippen LogP contribution is -2.37. The number of halogens is 1. The molecule has 5 nitrogen and oxygen atoms in total. The summed E-state index contributed by atoms with van der Waals surface area (Å²) in [5, 5.41) is 4.10. The second-order valence-corrected chi connectivity index (χ2v) is 9.96. The average molecular weight is 477 g/mol. The Hall–Kier alpha value is -2.92. The zero-order chi connectivity index (χ0) is 23.7. The lowest BCUT2D eigenvalue weighted by molar-refractivity contribution is -0.146. The van der Waals surface area contributed by atoms with E-state index >= 15 is 0 Å². The summed E-state index contributed by atoms with van der Waals surface area (Å²) in [6.07, 6.45) is 9.65. The number of carbonyl (C=O) groups excluding carboxylic acids is 2. The van der Waals surface area contributed by atoms with Crippen LogP contribution in [0.2, 0.25) is 5.02 Å². The molecular weight excluding hydrogens is 448 g/mol. The average Bonchev–Trinajstić information content (AvgIpc) is 2.84. The number of nitrogens with one attached hydrogen (secondary N) is 1. The third-order valence-electron chi connectivity index (χ3n) is 7.23. The normalized spacial score (nSPS) is 23.4. The first-order valence-electron chi connectivity index (χ1n) is 12.1. The minimum absolute atomic E-state index is 0.0529. The van der Waals surface area contributed by atoms with E-state index in [-0.39, 0.29) is 23.8 Å². The quantitative estimate of drug-likeness (QED) is 0.550. The van der Waals surface area contributed by atoms with Crippen LogP contribution in [0, 0.1) is 0 Å². The molecule has 0 saturated heterocycles. The molecule has 176 valence electrons. The number of hydrogen-bond acceptors (Lipinski definition) is 5. The third-order valence-corrected chi connectivity index (χ3v) is 7.48. The highest BCUT2D eigenvalue weighted by atomic mass is 35.5. The maximum atomic E-state index is 13.6. The predicted molar refractivity (Wildman–Crippen MR) is 131 cm³/mol. The van der Waals surface area contributed by atoms with E-state index in [2.05, 4.69) is 10.3 Å². The molecule has 2 aromatic rings. The van der Waals surface area contributed by atoms with Crippen molar-refractivity contribution in [1.82, 2.24) is 10.3 Å². The van der Waals surface area contributed by atoms with Gasteiger partial charge in [0.15, 0.2) is 5.78 Å². The number of ether oxygens (including phenoxy) is 1. The van der Waals surface area contributed by atoms with E-state index in [1.54, 1.807) is 12.4 Å². The fourth-order valence-corrected chi connectivity index (χ4v) is 5.68. The molecule has 0 unspecified atom stereocenters. The van der Waals surface area contributed by atoms with Crippen LogP contribution in [0.1, 0.15) is 74.8 Å². The second-order valence-electron chi connectivity index (χ2n) is 9.52. The number of carbonyl (C=O) groups is 2. The number of benzene rings is 1. The first kappa shape index (κ1) is 22.9. The Morgan fingerprint density at radius 2 is 1.82 bits per heavy atom. The summed E-state index contributed by atoms with van der Waals surface area (Å²) in [4.78, 5) is 31.4. The molecule has 0 bridgehead atoms. The minimum Gasteiger partial charge on any atom is -0.459 e. The molecule has 2 aliphatic carbocycles. The molecule has 3 aliphatic rings. The summed E-state index contributed by atoms with van der Waals surface area (Å²) in [5.74, 6) is -0.684. The van der Waals surface area contributed by atoms with Crippen LogP contribution in [0.4, 0.5) is 0 Å². The third kappa shape index (κ3) is 4.54. The highest BCUT2D eigenvalue weighted by Crippen LogP contribution is 2.45. The molecule has 0 spiro atoms. The largest absolute Gasteiger partial charge is 0.459 e. The minimum atomic E-state index is -0.472. The number of nitrogens with zero attached hydrogens (tertiary/aromatic N) is 1. The molecule has 2 atom stereocenters. The van der Waals surface area contributed by atoms with Gasteiger partial charge in [0.2, 0.25) is 0 Å². The molecule has 2 heterocycles. The topological polar surface area (TPSA) is 68.3 Å². The fraction of sp³-hybridized carbons (Fsp3) is 0.393. The van der Waals surface area contributed by atoms with Gasteiger partial charge in [-0.05, 0) is 74.3 Å². The van der Waals surface area contributed by atoms with Gasteiger partial charge in [0.25, 0.3) is 0 Å². The molecule has 1 aromatic carbocycles. The van der Waals surface area contributed by atoms with Crippen molar-refractivity contribution in [3.05, 3.63) is 87.5 Å². The van der Waals surface area contributed by atoms with Gasteiger partial charge in [0, 0.05) is 46.7 Å². The van der Waals surface area contributed by atoms with E-state index < -0.39 is 5.92 Å². The van der Waals surface area contributed by atoms with Crippen molar-refractivity contribution in [2.45, 2.75) is 69.8 Å². The first-order valence-corrected chi connectivity index (χ1v) is 12.5. The molecule has 1 aromatic heterocycles. The molecule has 1 fully saturated rings. The van der Waals surface area contributed by atoms with Crippen LogP contribution in [0.3, 0.4) is 0 Å². The summed E-state index contributed by atoms with van der Waals surface area (Å²) in [7, 11) is 0. The second kappa shape index (κ2) is 9.75. The lowest BCUT2D eigenvalue weighted by Gasteiger charge is -2.37. The lowest BCUT2D eigenvalue weighted by atomic mass is 9.72. The number of Topliss-reactive ketones (excluding diaryl/α,β-unsaturated/α-hetero) is 1. The monoisotopic (exact) mass is 476 g/mol. The SMILES string of the molecule is CC1=C(C(=O)OC2CCCCC2)[C@H](c2cccnc2)C2=C(C[C@H](c3ccc(Cl)cc3)CC2=O)N1. The standard InChI is InChI=1S/C28H29ClN2O3/c1-17-25(28(33)34-22-7-3-2-4-8-22)26(19-6-5-13-30-16-19)27-23(31-17)14-20(15-24(27)32)18-9-11-21(29)12-10-18/h5-6,9-13,16,20,22,26,31H,2-4,7-8,14-15H2,1H3/t20-,26-/m0/s1. The van der Waals surface area contributed by atoms with Crippen molar-refractivity contribution in [3.63, 3.8) is 0 Å². The van der Waals surface area contributed by atoms with E-state index in [9.17, 15) is 9.59 Å². The van der Waals surface area contributed by atoms with Crippen molar-refractivity contribution in [2.75, 3.05) is 0 Å². The Morgan fingerprint density at radius 1 is 1.06 bits per heavy atom. The van der Waals surface area contributed by atoms with Crippen LogP contribution >= 0.6 is 11.6 Å². The molecule has 6 heteroatoms. The van der Waals surface area contributed by atoms with Gasteiger partial charge in [-0.25, -0.2) is 4.79 Å². The van der Waals surface area contributed by atoms with Crippen LogP contribution in [0.5, 0.6) is 0 Å². The number of ketones is 1. The number of aromatic nitrogens is 1. The van der Waals surface area contributed by atoms with Gasteiger partial charge in [-0.1, -0.05) is 36.2 Å². The van der Waals surface area contributed by atoms with Crippen LogP contribution in [0.15, 0.2) is 71.3 Å². The Bertz CT molecular complexity index is 1150. The number of esters is 1. The summed E-state index contributed by atoms with van der Waals surface area (Å²) in [6, 6.07) is 11.5. The van der Waals surface area contributed by atoms with E-state index in [0.717, 1.165) is 48.2 Å². The Kier molecular flexibility index (Phi) is 6.55. The van der Waals surface area contributed by atoms with Crippen molar-refractivity contribution in [2.24, 2.45) is 0 Å². The first-order chi connectivity index (χ1) is 16.5. The molecule has 1 N–H and O–H groups in total. The van der Waals surface area contributed by atoms with Gasteiger partial charge in [-0.2, -0.15) is 0 Å². The Labute approximate surface area is 205 Å². The maximum Gasteiger partial charge on any atom is 0.337 e. The number of rotatable bonds is 4. The zero-order valence-corrected chi connectivity index (χ0v) is 20.1. The van der Waals surface area contributed by atoms with Crippen molar-refractivity contribution in [1.29, 1.82) is 0 Å². The van der Waals surface area contributed by atoms with Gasteiger partial charge in [0.1, 0.15) is 6.10 Å². The molecule has 1 saturated carbocycles. The van der Waals surface area contributed by atoms with Crippen LogP contribution in [-0.2, 0) is 14.3 Å². The summed E-state index contributed by atoms with van der Waals surface area (Å²) in [6.45, 7) is 1.90. The predicted octanol–water partition coefficient (Wildman–Crippen LogP) is 5.97. The molecule has 34 heavy (non-hydrogen) atoms. The highest BCUT2D eigenvalue weighted by Gasteiger charge is 2.42. The van der Waals surface area contributed by atoms with Gasteiger partial charge >= 0.3 is 5.97 Å². The maximum absolute atomic E-state index is 13.6. The summed E-state index contributed by atoms with van der Waals surface area (Å²) < 4.78 is 5.97. The number of pyridine rings is 1. The van der Waals surface area contributed by atoms with E-state index in [0.29, 0.717) is 29.0 Å². The molecular formula is C28H29ClN2O3. The summed E-state index contributed by atoms with van der Waals surface area (Å²) in [5.41, 5.74) is 4.75. The Balaban J connectivity index is 1.50. The number of dihydropyridines is 1. The van der Waals surface area contributed by atoms with Crippen molar-refractivity contribution in [3.8, 4) is 0 Å². The van der Waals surface area contributed by atoms with Gasteiger partial charge in [-0.3, -0.25) is 9.78 Å². The molecule has 0 amide bonds. The smallest absolute Gasteiger partial charge is 0.337 e. The number of allylic oxidation sites excluding steroid dienone is 3. The van der Waals surface area contributed by atoms with Crippen molar-refractivity contribution >= 4 is 23.4 Å². The van der Waals surface area contributed by atoms with Crippen LogP contribution < -0.4 is 5.32 Å². The fourth-order valence-electron chi connectivity index (χ4n) is 5.56. The van der Waals surface area contributed by atoms with E-state index in [1.807, 2.05) is 43.3 Å². The number of hydrogen-bond donors (Lipinski definition) is 1. The zero-order valence-electron chi connectivity index (χ0n) is 19.4.